The highest BCUT2D eigenvalue weighted by Gasteiger charge is 2.17. The fourth-order valence-electron chi connectivity index (χ4n) is 2.08. The van der Waals surface area contributed by atoms with E-state index < -0.39 is 0 Å². The number of anilines is 1. The van der Waals surface area contributed by atoms with Gasteiger partial charge in [0.05, 0.1) is 11.7 Å². The van der Waals surface area contributed by atoms with Gasteiger partial charge in [-0.2, -0.15) is 10.4 Å². The molecule has 2 aromatic heterocycles. The number of thiophene rings is 1. The lowest BCUT2D eigenvalue weighted by molar-refractivity contribution is 0.316. The predicted molar refractivity (Wildman–Crippen MR) is 85.5 cm³/mol. The molecule has 0 saturated carbocycles. The van der Waals surface area contributed by atoms with E-state index in [1.807, 2.05) is 34.0 Å². The number of likely N-dealkylation sites (N-methyl/N-ethyl adjacent to an activating group) is 1. The van der Waals surface area contributed by atoms with Crippen molar-refractivity contribution in [3.05, 3.63) is 39.2 Å². The van der Waals surface area contributed by atoms with Crippen molar-refractivity contribution in [2.75, 3.05) is 26.0 Å². The molecule has 110 valence electrons. The number of nitrogens with one attached hydrogen (secondary N) is 1. The van der Waals surface area contributed by atoms with Crippen molar-refractivity contribution in [2.45, 2.75) is 19.9 Å². The van der Waals surface area contributed by atoms with Gasteiger partial charge in [0.15, 0.2) is 5.82 Å². The molecule has 0 amide bonds. The Morgan fingerprint density at radius 2 is 2.14 bits per heavy atom. The summed E-state index contributed by atoms with van der Waals surface area (Å²) in [6, 6.07) is 6.62. The van der Waals surface area contributed by atoms with Crippen LogP contribution >= 0.6 is 11.3 Å². The third kappa shape index (κ3) is 3.38. The van der Waals surface area contributed by atoms with Crippen LogP contribution in [0.3, 0.4) is 0 Å². The van der Waals surface area contributed by atoms with E-state index in [1.165, 1.54) is 4.88 Å². The fraction of sp³-hybridized carbons (Fsp3) is 0.400. The van der Waals surface area contributed by atoms with Crippen molar-refractivity contribution in [3.63, 3.8) is 0 Å². The van der Waals surface area contributed by atoms with E-state index >= 15 is 0 Å². The second-order valence-electron chi connectivity index (χ2n) is 5.12. The Bertz CT molecular complexity index is 643. The van der Waals surface area contributed by atoms with E-state index in [-0.39, 0.29) is 6.04 Å². The number of hydrogen-bond donors (Lipinski definition) is 1. The highest BCUT2D eigenvalue weighted by Crippen LogP contribution is 2.24. The first-order valence-corrected chi connectivity index (χ1v) is 7.60. The van der Waals surface area contributed by atoms with Crippen molar-refractivity contribution in [3.8, 4) is 6.07 Å². The van der Waals surface area contributed by atoms with E-state index in [4.69, 9.17) is 0 Å². The molecule has 0 aromatic carbocycles. The maximum Gasteiger partial charge on any atom is 0.167 e. The van der Waals surface area contributed by atoms with Gasteiger partial charge in [0.25, 0.3) is 0 Å². The molecule has 1 N–H and O–H groups in total. The Labute approximate surface area is 129 Å². The largest absolute Gasteiger partial charge is 0.366 e. The van der Waals surface area contributed by atoms with Crippen LogP contribution in [0.1, 0.15) is 27.7 Å². The van der Waals surface area contributed by atoms with Crippen molar-refractivity contribution < 1.29 is 0 Å². The van der Waals surface area contributed by atoms with Gasteiger partial charge in [0.2, 0.25) is 0 Å². The molecule has 2 heterocycles. The minimum atomic E-state index is 0.236. The molecule has 6 heteroatoms. The van der Waals surface area contributed by atoms with Crippen LogP contribution in [0.15, 0.2) is 17.5 Å². The molecule has 0 fully saturated rings. The molecular formula is C15H19N5S. The van der Waals surface area contributed by atoms with Gasteiger partial charge in [-0.3, -0.25) is 0 Å². The molecule has 0 bridgehead atoms. The van der Waals surface area contributed by atoms with Gasteiger partial charge in [-0.05, 0) is 45.0 Å². The minimum absolute atomic E-state index is 0.236. The van der Waals surface area contributed by atoms with Crippen LogP contribution in [0.4, 0.5) is 5.82 Å². The molecule has 0 spiro atoms. The average Bonchev–Trinajstić information content (AvgIpc) is 2.96. The first kappa shape index (κ1) is 15.4. The van der Waals surface area contributed by atoms with E-state index in [9.17, 15) is 5.26 Å². The maximum atomic E-state index is 9.32. The normalized spacial score (nSPS) is 12.2. The smallest absolute Gasteiger partial charge is 0.167 e. The van der Waals surface area contributed by atoms with Gasteiger partial charge in [-0.1, -0.05) is 6.07 Å². The molecule has 1 atom stereocenters. The summed E-state index contributed by atoms with van der Waals surface area (Å²) in [7, 11) is 4.09. The zero-order valence-electron chi connectivity index (χ0n) is 12.7. The highest BCUT2D eigenvalue weighted by atomic mass is 32.1. The number of nitrogens with zero attached hydrogens (tertiary/aromatic N) is 4. The third-order valence-electron chi connectivity index (χ3n) is 3.52. The summed E-state index contributed by atoms with van der Waals surface area (Å²) < 4.78 is 0. The average molecular weight is 301 g/mol. The summed E-state index contributed by atoms with van der Waals surface area (Å²) in [5.74, 6) is 0.559. The monoisotopic (exact) mass is 301 g/mol. The van der Waals surface area contributed by atoms with Gasteiger partial charge < -0.3 is 10.2 Å². The Hall–Kier alpha value is -1.97. The summed E-state index contributed by atoms with van der Waals surface area (Å²) in [5.41, 5.74) is 2.25. The zero-order chi connectivity index (χ0) is 15.4. The quantitative estimate of drug-likeness (QED) is 0.920. The minimum Gasteiger partial charge on any atom is -0.366 e. The van der Waals surface area contributed by atoms with Crippen LogP contribution in [-0.4, -0.2) is 35.7 Å². The number of rotatable bonds is 5. The lowest BCUT2D eigenvalue weighted by Crippen LogP contribution is -2.26. The first-order chi connectivity index (χ1) is 10.0. The van der Waals surface area contributed by atoms with Crippen LogP contribution in [0.2, 0.25) is 0 Å². The van der Waals surface area contributed by atoms with Crippen LogP contribution < -0.4 is 5.32 Å². The van der Waals surface area contributed by atoms with Crippen molar-refractivity contribution in [1.82, 2.24) is 15.1 Å². The molecule has 0 aliphatic rings. The molecule has 0 saturated heterocycles. The number of aromatic nitrogens is 2. The van der Waals surface area contributed by atoms with Gasteiger partial charge >= 0.3 is 0 Å². The molecular weight excluding hydrogens is 282 g/mol. The molecule has 5 nitrogen and oxygen atoms in total. The summed E-state index contributed by atoms with van der Waals surface area (Å²) in [6.45, 7) is 4.44. The SMILES string of the molecule is Cc1nnc(NCC(c2cccs2)N(C)C)c(C#N)c1C. The summed E-state index contributed by atoms with van der Waals surface area (Å²) in [4.78, 5) is 3.43. The fourth-order valence-corrected chi connectivity index (χ4v) is 3.00. The molecule has 2 aromatic rings. The van der Waals surface area contributed by atoms with Crippen molar-refractivity contribution in [2.24, 2.45) is 0 Å². The van der Waals surface area contributed by atoms with Crippen molar-refractivity contribution in [1.29, 1.82) is 5.26 Å². The molecule has 2 rings (SSSR count). The summed E-state index contributed by atoms with van der Waals surface area (Å²) >= 11 is 1.73. The first-order valence-electron chi connectivity index (χ1n) is 6.72. The third-order valence-corrected chi connectivity index (χ3v) is 4.50. The number of hydrogen-bond acceptors (Lipinski definition) is 6. The maximum absolute atomic E-state index is 9.32. The van der Waals surface area contributed by atoms with E-state index in [2.05, 4.69) is 37.9 Å². The van der Waals surface area contributed by atoms with Crippen LogP contribution in [-0.2, 0) is 0 Å². The van der Waals surface area contributed by atoms with Crippen molar-refractivity contribution >= 4 is 17.2 Å². The standard InChI is InChI=1S/C15H19N5S/c1-10-11(2)18-19-15(12(10)8-16)17-9-13(20(3)4)14-6-5-7-21-14/h5-7,13H,9H2,1-4H3,(H,17,19). The number of nitriles is 1. The van der Waals surface area contributed by atoms with Crippen LogP contribution in [0, 0.1) is 25.2 Å². The van der Waals surface area contributed by atoms with Gasteiger partial charge in [-0.15, -0.1) is 16.4 Å². The Morgan fingerprint density at radius 3 is 2.71 bits per heavy atom. The lowest BCUT2D eigenvalue weighted by Gasteiger charge is -2.24. The molecule has 0 radical (unpaired) electrons. The Kier molecular flexibility index (Phi) is 4.89. The molecule has 21 heavy (non-hydrogen) atoms. The van der Waals surface area contributed by atoms with Gasteiger partial charge in [0.1, 0.15) is 11.6 Å². The summed E-state index contributed by atoms with van der Waals surface area (Å²) in [6.07, 6.45) is 0. The van der Waals surface area contributed by atoms with Crippen LogP contribution in [0.5, 0.6) is 0 Å². The molecule has 1 unspecified atom stereocenters. The number of aryl methyl sites for hydroxylation is 1. The van der Waals surface area contributed by atoms with Gasteiger partial charge in [-0.25, -0.2) is 0 Å². The molecule has 0 aliphatic carbocycles. The topological polar surface area (TPSA) is 64.8 Å². The second-order valence-corrected chi connectivity index (χ2v) is 6.10. The van der Waals surface area contributed by atoms with E-state index in [0.29, 0.717) is 17.9 Å². The summed E-state index contributed by atoms with van der Waals surface area (Å²) in [5, 5.41) is 22.9. The highest BCUT2D eigenvalue weighted by molar-refractivity contribution is 7.10. The van der Waals surface area contributed by atoms with E-state index in [1.54, 1.807) is 11.3 Å². The lowest BCUT2D eigenvalue weighted by atomic mass is 10.1. The predicted octanol–water partition coefficient (Wildman–Crippen LogP) is 2.74. The Balaban J connectivity index is 2.19. The van der Waals surface area contributed by atoms with E-state index in [0.717, 1.165) is 11.3 Å². The second kappa shape index (κ2) is 6.66. The molecule has 0 aliphatic heterocycles. The zero-order valence-corrected chi connectivity index (χ0v) is 13.5. The van der Waals surface area contributed by atoms with Crippen LogP contribution in [0.25, 0.3) is 0 Å². The van der Waals surface area contributed by atoms with Gasteiger partial charge in [0, 0.05) is 11.4 Å². The Morgan fingerprint density at radius 1 is 1.38 bits per heavy atom.